The maximum atomic E-state index is 14.1. The molecule has 2 aromatic carbocycles. The number of amides is 1. The van der Waals surface area contributed by atoms with Crippen molar-refractivity contribution in [1.29, 1.82) is 0 Å². The molecule has 35 heavy (non-hydrogen) atoms. The number of carbonyl (C=O) groups is 1. The molecule has 0 bridgehead atoms. The average Bonchev–Trinajstić information content (AvgIpc) is 2.82. The molecule has 0 saturated carbocycles. The molecule has 184 valence electrons. The molecule has 3 rings (SSSR count). The number of aromatic nitrogens is 1. The number of rotatable bonds is 10. The molecule has 2 N–H and O–H groups in total. The number of nitrogens with zero attached hydrogens (tertiary/aromatic N) is 1. The molecule has 0 radical (unpaired) electrons. The van der Waals surface area contributed by atoms with Gasteiger partial charge in [0.1, 0.15) is 12.4 Å². The van der Waals surface area contributed by atoms with Gasteiger partial charge >= 0.3 is 0 Å². The van der Waals surface area contributed by atoms with Gasteiger partial charge in [-0.2, -0.15) is 0 Å². The Balaban J connectivity index is 1.66. The van der Waals surface area contributed by atoms with E-state index in [0.717, 1.165) is 24.0 Å². The summed E-state index contributed by atoms with van der Waals surface area (Å²) in [5.74, 6) is -2.72. The van der Waals surface area contributed by atoms with E-state index in [4.69, 9.17) is 0 Å². The van der Waals surface area contributed by atoms with E-state index in [1.54, 1.807) is 22.9 Å². The number of hydrogen-bond acceptors (Lipinski definition) is 4. The summed E-state index contributed by atoms with van der Waals surface area (Å²) in [6.45, 7) is -0.884. The van der Waals surface area contributed by atoms with Gasteiger partial charge in [0, 0.05) is 18.3 Å². The van der Waals surface area contributed by atoms with Gasteiger partial charge in [0.15, 0.2) is 11.6 Å². The van der Waals surface area contributed by atoms with Crippen molar-refractivity contribution in [2.75, 3.05) is 11.0 Å². The summed E-state index contributed by atoms with van der Waals surface area (Å²) >= 11 is 0. The first-order chi connectivity index (χ1) is 16.6. The Morgan fingerprint density at radius 2 is 1.69 bits per heavy atom. The van der Waals surface area contributed by atoms with Crippen LogP contribution in [-0.4, -0.2) is 25.6 Å². The fourth-order valence-electron chi connectivity index (χ4n) is 3.32. The summed E-state index contributed by atoms with van der Waals surface area (Å²) in [5.41, 5.74) is 2.03. The summed E-state index contributed by atoms with van der Waals surface area (Å²) in [7, 11) is -3.86. The van der Waals surface area contributed by atoms with Gasteiger partial charge in [-0.25, -0.2) is 21.6 Å². The number of sulfonamides is 1. The second-order valence-corrected chi connectivity index (χ2v) is 9.57. The fourth-order valence-corrected chi connectivity index (χ4v) is 3.88. The van der Waals surface area contributed by atoms with Gasteiger partial charge in [0.05, 0.1) is 11.9 Å². The minimum absolute atomic E-state index is 0.110. The number of anilines is 1. The highest BCUT2D eigenvalue weighted by Crippen LogP contribution is 2.22. The van der Waals surface area contributed by atoms with E-state index in [1.807, 2.05) is 30.3 Å². The SMILES string of the molecule is CS(=O)(=O)Nc1c(F)cc(CNC(=O)/C=C/c2ccc(CF)nc2CCc2ccccc2)cc1F. The van der Waals surface area contributed by atoms with Crippen molar-refractivity contribution in [2.24, 2.45) is 0 Å². The van der Waals surface area contributed by atoms with Crippen LogP contribution in [0.2, 0.25) is 0 Å². The second kappa shape index (κ2) is 11.7. The van der Waals surface area contributed by atoms with Gasteiger partial charge in [-0.3, -0.25) is 14.5 Å². The minimum atomic E-state index is -3.86. The molecule has 1 heterocycles. The first-order valence-electron chi connectivity index (χ1n) is 10.6. The van der Waals surface area contributed by atoms with Gasteiger partial charge in [0.25, 0.3) is 0 Å². The molecule has 0 aliphatic heterocycles. The largest absolute Gasteiger partial charge is 0.348 e. The third-order valence-electron chi connectivity index (χ3n) is 4.97. The number of pyridine rings is 1. The number of aryl methyl sites for hydroxylation is 2. The maximum absolute atomic E-state index is 14.1. The van der Waals surface area contributed by atoms with E-state index in [0.29, 0.717) is 29.8 Å². The van der Waals surface area contributed by atoms with E-state index < -0.39 is 39.9 Å². The second-order valence-electron chi connectivity index (χ2n) is 7.82. The van der Waals surface area contributed by atoms with Gasteiger partial charge in [-0.05, 0) is 53.8 Å². The third-order valence-corrected chi connectivity index (χ3v) is 5.54. The Morgan fingerprint density at radius 1 is 1.00 bits per heavy atom. The summed E-state index contributed by atoms with van der Waals surface area (Å²) < 4.78 is 65.6. The fraction of sp³-hybridized carbons (Fsp3) is 0.200. The lowest BCUT2D eigenvalue weighted by Crippen LogP contribution is -2.21. The molecule has 1 aromatic heterocycles. The Kier molecular flexibility index (Phi) is 8.64. The molecule has 0 atom stereocenters. The van der Waals surface area contributed by atoms with Crippen molar-refractivity contribution < 1.29 is 26.4 Å². The lowest BCUT2D eigenvalue weighted by Gasteiger charge is -2.10. The number of halogens is 3. The zero-order valence-corrected chi connectivity index (χ0v) is 19.7. The molecular weight excluding hydrogens is 479 g/mol. The van der Waals surface area contributed by atoms with Crippen molar-refractivity contribution in [3.63, 3.8) is 0 Å². The van der Waals surface area contributed by atoms with Gasteiger partial charge in [-0.15, -0.1) is 0 Å². The van der Waals surface area contributed by atoms with Crippen LogP contribution in [0.15, 0.2) is 60.7 Å². The number of hydrogen-bond donors (Lipinski definition) is 2. The zero-order valence-electron chi connectivity index (χ0n) is 18.9. The highest BCUT2D eigenvalue weighted by Gasteiger charge is 2.15. The smallest absolute Gasteiger partial charge is 0.244 e. The van der Waals surface area contributed by atoms with E-state index >= 15 is 0 Å². The molecule has 0 saturated heterocycles. The summed E-state index contributed by atoms with van der Waals surface area (Å²) in [6.07, 6.45) is 4.82. The molecule has 0 unspecified atom stereocenters. The Morgan fingerprint density at radius 3 is 2.31 bits per heavy atom. The van der Waals surface area contributed by atoms with Crippen molar-refractivity contribution in [2.45, 2.75) is 26.1 Å². The molecular formula is C25H24F3N3O3S. The molecule has 3 aromatic rings. The average molecular weight is 504 g/mol. The van der Waals surface area contributed by atoms with Crippen LogP contribution < -0.4 is 10.0 Å². The molecule has 6 nitrogen and oxygen atoms in total. The van der Waals surface area contributed by atoms with E-state index in [2.05, 4.69) is 10.3 Å². The number of benzene rings is 2. The standard InChI is InChI=1S/C25H24F3N3O3S/c1-35(33,34)31-25-21(27)13-18(14-22(25)28)16-29-24(32)12-9-19-8-10-20(15-26)30-23(19)11-7-17-5-3-2-4-6-17/h2-6,8-10,12-14,31H,7,11,15-16H2,1H3,(H,29,32)/b12-9+. The van der Waals surface area contributed by atoms with Crippen LogP contribution in [0.25, 0.3) is 6.08 Å². The number of nitrogens with one attached hydrogen (secondary N) is 2. The van der Waals surface area contributed by atoms with Crippen LogP contribution >= 0.6 is 0 Å². The van der Waals surface area contributed by atoms with E-state index in [9.17, 15) is 26.4 Å². The Labute approximate surface area is 202 Å². The zero-order chi connectivity index (χ0) is 25.4. The molecule has 10 heteroatoms. The lowest BCUT2D eigenvalue weighted by molar-refractivity contribution is -0.116. The predicted octanol–water partition coefficient (Wildman–Crippen LogP) is 4.32. The van der Waals surface area contributed by atoms with Crippen LogP contribution in [0.1, 0.15) is 28.1 Å². The molecule has 0 aliphatic carbocycles. The minimum Gasteiger partial charge on any atom is -0.348 e. The normalized spacial score (nSPS) is 11.5. The van der Waals surface area contributed by atoms with E-state index in [-0.39, 0.29) is 12.1 Å². The predicted molar refractivity (Wildman–Crippen MR) is 129 cm³/mol. The van der Waals surface area contributed by atoms with Crippen LogP contribution in [0.4, 0.5) is 18.9 Å². The topological polar surface area (TPSA) is 88.2 Å². The molecule has 1 amide bonds. The van der Waals surface area contributed by atoms with Crippen molar-refractivity contribution in [1.82, 2.24) is 10.3 Å². The van der Waals surface area contributed by atoms with Gasteiger partial charge in [-0.1, -0.05) is 36.4 Å². The van der Waals surface area contributed by atoms with Crippen LogP contribution in [-0.2, 0) is 40.9 Å². The summed E-state index contributed by atoms with van der Waals surface area (Å²) in [6, 6.07) is 14.8. The van der Waals surface area contributed by atoms with Crippen molar-refractivity contribution in [3.05, 3.63) is 100 Å². The maximum Gasteiger partial charge on any atom is 0.244 e. The van der Waals surface area contributed by atoms with Crippen molar-refractivity contribution in [3.8, 4) is 0 Å². The molecule has 0 spiro atoms. The quantitative estimate of drug-likeness (QED) is 0.404. The first-order valence-corrected chi connectivity index (χ1v) is 12.5. The van der Waals surface area contributed by atoms with Gasteiger partial charge in [0.2, 0.25) is 15.9 Å². The Bertz CT molecular complexity index is 1310. The first kappa shape index (κ1) is 26.0. The highest BCUT2D eigenvalue weighted by atomic mass is 32.2. The molecule has 0 aliphatic rings. The molecule has 0 fully saturated rings. The monoisotopic (exact) mass is 503 g/mol. The van der Waals surface area contributed by atoms with Crippen LogP contribution in [0, 0.1) is 11.6 Å². The third kappa shape index (κ3) is 7.96. The number of alkyl halides is 1. The lowest BCUT2D eigenvalue weighted by atomic mass is 10.0. The van der Waals surface area contributed by atoms with Crippen LogP contribution in [0.5, 0.6) is 0 Å². The highest BCUT2D eigenvalue weighted by molar-refractivity contribution is 7.92. The summed E-state index contributed by atoms with van der Waals surface area (Å²) in [4.78, 5) is 16.6. The summed E-state index contributed by atoms with van der Waals surface area (Å²) in [5, 5.41) is 2.51. The number of carbonyl (C=O) groups excluding carboxylic acids is 1. The van der Waals surface area contributed by atoms with Gasteiger partial charge < -0.3 is 5.32 Å². The van der Waals surface area contributed by atoms with Crippen LogP contribution in [0.3, 0.4) is 0 Å². The van der Waals surface area contributed by atoms with E-state index in [1.165, 1.54) is 6.08 Å². The Hall–Kier alpha value is -3.66. The van der Waals surface area contributed by atoms with Crippen molar-refractivity contribution >= 4 is 27.7 Å².